The van der Waals surface area contributed by atoms with E-state index < -0.39 is 5.97 Å². The van der Waals surface area contributed by atoms with Crippen LogP contribution >= 0.6 is 11.8 Å². The summed E-state index contributed by atoms with van der Waals surface area (Å²) >= 11 is 1.75. The summed E-state index contributed by atoms with van der Waals surface area (Å²) < 4.78 is 0. The zero-order chi connectivity index (χ0) is 13.8. The minimum atomic E-state index is -0.763. The molecule has 1 unspecified atom stereocenters. The van der Waals surface area contributed by atoms with Crippen LogP contribution in [0.15, 0.2) is 0 Å². The monoisotopic (exact) mass is 286 g/mol. The molecular weight excluding hydrogens is 264 g/mol. The smallest absolute Gasteiger partial charge is 0.306 e. The SMILES string of the molecule is CC(C(=O)O)C1CN(C(=O)CSC2CCNCC2)C1. The van der Waals surface area contributed by atoms with Gasteiger partial charge >= 0.3 is 5.97 Å². The van der Waals surface area contributed by atoms with E-state index in [1.54, 1.807) is 23.6 Å². The number of carboxylic acid groups (broad SMARTS) is 1. The molecule has 5 nitrogen and oxygen atoms in total. The number of thioether (sulfide) groups is 1. The summed E-state index contributed by atoms with van der Waals surface area (Å²) in [6.07, 6.45) is 2.27. The Balaban J connectivity index is 1.64. The van der Waals surface area contributed by atoms with Crippen molar-refractivity contribution in [3.63, 3.8) is 0 Å². The van der Waals surface area contributed by atoms with Gasteiger partial charge in [-0.1, -0.05) is 6.92 Å². The van der Waals surface area contributed by atoms with Crippen molar-refractivity contribution in [1.29, 1.82) is 0 Å². The number of hydrogen-bond donors (Lipinski definition) is 2. The van der Waals surface area contributed by atoms with Gasteiger partial charge in [0.1, 0.15) is 0 Å². The average molecular weight is 286 g/mol. The van der Waals surface area contributed by atoms with Gasteiger partial charge in [-0.25, -0.2) is 0 Å². The zero-order valence-electron chi connectivity index (χ0n) is 11.3. The summed E-state index contributed by atoms with van der Waals surface area (Å²) in [6.45, 7) is 5.04. The first-order chi connectivity index (χ1) is 9.08. The number of nitrogens with one attached hydrogen (secondary N) is 1. The summed E-state index contributed by atoms with van der Waals surface area (Å²) in [5.41, 5.74) is 0. The maximum atomic E-state index is 11.9. The van der Waals surface area contributed by atoms with Gasteiger partial charge < -0.3 is 15.3 Å². The van der Waals surface area contributed by atoms with Crippen molar-refractivity contribution in [1.82, 2.24) is 10.2 Å². The van der Waals surface area contributed by atoms with Crippen LogP contribution < -0.4 is 5.32 Å². The van der Waals surface area contributed by atoms with E-state index in [0.717, 1.165) is 25.9 Å². The van der Waals surface area contributed by atoms with Gasteiger partial charge in [0.15, 0.2) is 0 Å². The lowest BCUT2D eigenvalue weighted by Crippen LogP contribution is -2.54. The van der Waals surface area contributed by atoms with E-state index in [1.165, 1.54) is 0 Å². The molecule has 0 aromatic rings. The molecule has 1 amide bonds. The Morgan fingerprint density at radius 2 is 2.00 bits per heavy atom. The van der Waals surface area contributed by atoms with Crippen LogP contribution in [0.5, 0.6) is 0 Å². The summed E-state index contributed by atoms with van der Waals surface area (Å²) in [5.74, 6) is -0.274. The molecule has 0 bridgehead atoms. The first kappa shape index (κ1) is 14.7. The molecule has 2 N–H and O–H groups in total. The van der Waals surface area contributed by atoms with Crippen molar-refractivity contribution >= 4 is 23.6 Å². The van der Waals surface area contributed by atoms with Crippen molar-refractivity contribution in [2.24, 2.45) is 11.8 Å². The molecule has 0 aromatic carbocycles. The molecule has 6 heteroatoms. The number of carboxylic acids is 1. The minimum Gasteiger partial charge on any atom is -0.481 e. The van der Waals surface area contributed by atoms with Crippen LogP contribution in [0, 0.1) is 11.8 Å². The fourth-order valence-electron chi connectivity index (χ4n) is 2.48. The molecule has 0 aliphatic carbocycles. The van der Waals surface area contributed by atoms with Crippen LogP contribution in [-0.2, 0) is 9.59 Å². The Kier molecular flexibility index (Phi) is 5.10. The third kappa shape index (κ3) is 3.86. The Bertz CT molecular complexity index is 339. The van der Waals surface area contributed by atoms with Crippen LogP contribution in [0.2, 0.25) is 0 Å². The van der Waals surface area contributed by atoms with E-state index in [2.05, 4.69) is 5.32 Å². The van der Waals surface area contributed by atoms with Gasteiger partial charge in [-0.2, -0.15) is 0 Å². The summed E-state index contributed by atoms with van der Waals surface area (Å²) in [5, 5.41) is 12.8. The second-order valence-electron chi connectivity index (χ2n) is 5.45. The number of aliphatic carboxylic acids is 1. The number of piperidine rings is 1. The first-order valence-corrected chi connectivity index (χ1v) is 7.95. The molecule has 2 aliphatic heterocycles. The molecule has 108 valence electrons. The van der Waals surface area contributed by atoms with Crippen LogP contribution in [0.25, 0.3) is 0 Å². The summed E-state index contributed by atoms with van der Waals surface area (Å²) in [7, 11) is 0. The number of nitrogens with zero attached hydrogens (tertiary/aromatic N) is 1. The largest absolute Gasteiger partial charge is 0.481 e. The molecule has 2 aliphatic rings. The third-order valence-electron chi connectivity index (χ3n) is 4.09. The third-order valence-corrected chi connectivity index (χ3v) is 5.44. The van der Waals surface area contributed by atoms with E-state index in [9.17, 15) is 9.59 Å². The van der Waals surface area contributed by atoms with Gasteiger partial charge in [0.05, 0.1) is 11.7 Å². The van der Waals surface area contributed by atoms with E-state index in [4.69, 9.17) is 5.11 Å². The maximum Gasteiger partial charge on any atom is 0.306 e. The number of hydrogen-bond acceptors (Lipinski definition) is 4. The molecule has 1 atom stereocenters. The van der Waals surface area contributed by atoms with Crippen LogP contribution in [0.3, 0.4) is 0 Å². The molecule has 2 saturated heterocycles. The van der Waals surface area contributed by atoms with E-state index in [-0.39, 0.29) is 17.7 Å². The van der Waals surface area contributed by atoms with E-state index in [1.807, 2.05) is 0 Å². The Morgan fingerprint density at radius 1 is 1.37 bits per heavy atom. The van der Waals surface area contributed by atoms with Crippen molar-refractivity contribution in [2.75, 3.05) is 31.9 Å². The van der Waals surface area contributed by atoms with Crippen molar-refractivity contribution in [3.8, 4) is 0 Å². The van der Waals surface area contributed by atoms with E-state index in [0.29, 0.717) is 24.1 Å². The fourth-order valence-corrected chi connectivity index (χ4v) is 3.61. The second-order valence-corrected chi connectivity index (χ2v) is 6.73. The van der Waals surface area contributed by atoms with Gasteiger partial charge in [0, 0.05) is 24.3 Å². The van der Waals surface area contributed by atoms with E-state index >= 15 is 0 Å². The molecule has 2 fully saturated rings. The van der Waals surface area contributed by atoms with Crippen LogP contribution in [0.4, 0.5) is 0 Å². The highest BCUT2D eigenvalue weighted by molar-refractivity contribution is 8.00. The number of amides is 1. The molecule has 2 heterocycles. The standard InChI is InChI=1S/C13H22N2O3S/c1-9(13(17)18)10-6-15(7-10)12(16)8-19-11-2-4-14-5-3-11/h9-11,14H,2-8H2,1H3,(H,17,18). The molecule has 0 aromatic heterocycles. The average Bonchev–Trinajstić information content (AvgIpc) is 2.35. The molecule has 2 rings (SSSR count). The number of likely N-dealkylation sites (tertiary alicyclic amines) is 1. The van der Waals surface area contributed by atoms with Gasteiger partial charge in [-0.05, 0) is 25.9 Å². The van der Waals surface area contributed by atoms with Gasteiger partial charge in [-0.15, -0.1) is 11.8 Å². The number of rotatable bonds is 5. The quantitative estimate of drug-likeness (QED) is 0.776. The predicted octanol–water partition coefficient (Wildman–Crippen LogP) is 0.651. The second kappa shape index (κ2) is 6.61. The first-order valence-electron chi connectivity index (χ1n) is 6.91. The number of carbonyl (C=O) groups is 2. The Hall–Kier alpha value is -0.750. The molecule has 0 saturated carbocycles. The lowest BCUT2D eigenvalue weighted by atomic mass is 9.87. The highest BCUT2D eigenvalue weighted by atomic mass is 32.2. The van der Waals surface area contributed by atoms with Crippen molar-refractivity contribution < 1.29 is 14.7 Å². The van der Waals surface area contributed by atoms with Gasteiger partial charge in [-0.3, -0.25) is 9.59 Å². The molecule has 19 heavy (non-hydrogen) atoms. The summed E-state index contributed by atoms with van der Waals surface area (Å²) in [6, 6.07) is 0. The Labute approximate surface area is 118 Å². The van der Waals surface area contributed by atoms with Crippen molar-refractivity contribution in [3.05, 3.63) is 0 Å². The van der Waals surface area contributed by atoms with Gasteiger partial charge in [0.25, 0.3) is 0 Å². The lowest BCUT2D eigenvalue weighted by Gasteiger charge is -2.41. The van der Waals surface area contributed by atoms with Crippen LogP contribution in [0.1, 0.15) is 19.8 Å². The van der Waals surface area contributed by atoms with Crippen LogP contribution in [-0.4, -0.2) is 59.1 Å². The van der Waals surface area contributed by atoms with Gasteiger partial charge in [0.2, 0.25) is 5.91 Å². The normalized spacial score (nSPS) is 22.9. The number of carbonyl (C=O) groups excluding carboxylic acids is 1. The molecule has 0 spiro atoms. The lowest BCUT2D eigenvalue weighted by molar-refractivity contribution is -0.149. The fraction of sp³-hybridized carbons (Fsp3) is 0.846. The minimum absolute atomic E-state index is 0.130. The summed E-state index contributed by atoms with van der Waals surface area (Å²) in [4.78, 5) is 24.6. The highest BCUT2D eigenvalue weighted by Crippen LogP contribution is 2.26. The zero-order valence-corrected chi connectivity index (χ0v) is 12.1. The Morgan fingerprint density at radius 3 is 2.58 bits per heavy atom. The maximum absolute atomic E-state index is 11.9. The predicted molar refractivity (Wildman–Crippen MR) is 75.2 cm³/mol. The van der Waals surface area contributed by atoms with Crippen molar-refractivity contribution in [2.45, 2.75) is 25.0 Å². The topological polar surface area (TPSA) is 69.6 Å². The highest BCUT2D eigenvalue weighted by Gasteiger charge is 2.37. The molecular formula is C13H22N2O3S. The molecule has 0 radical (unpaired) electrons.